The summed E-state index contributed by atoms with van der Waals surface area (Å²) < 4.78 is 31.4. The van der Waals surface area contributed by atoms with Gasteiger partial charge in [-0.05, 0) is 32.2 Å². The molecule has 0 aromatic carbocycles. The second-order valence-corrected chi connectivity index (χ2v) is 7.18. The van der Waals surface area contributed by atoms with E-state index in [4.69, 9.17) is 0 Å². The quantitative estimate of drug-likeness (QED) is 0.791. The molecule has 0 aliphatic heterocycles. The maximum atomic E-state index is 12.2. The standard InChI is InChI=1S/C11H17NO5S2/c1-7(13)11(2,3)12-19(15,16)8-5-6-18-9(8)10(14)17-4/h5-7,12-13H,1-4H3. The van der Waals surface area contributed by atoms with Gasteiger partial charge in [0.15, 0.2) is 0 Å². The predicted octanol–water partition coefficient (Wildman–Crippen LogP) is 0.972. The molecule has 0 aliphatic rings. The summed E-state index contributed by atoms with van der Waals surface area (Å²) in [4.78, 5) is 11.4. The molecule has 0 spiro atoms. The van der Waals surface area contributed by atoms with Crippen LogP contribution in [0.25, 0.3) is 0 Å². The van der Waals surface area contributed by atoms with Gasteiger partial charge in [0.1, 0.15) is 9.77 Å². The molecule has 0 aliphatic carbocycles. The fraction of sp³-hybridized carbons (Fsp3) is 0.545. The molecule has 6 nitrogen and oxygen atoms in total. The third-order valence-corrected chi connectivity index (χ3v) is 5.47. The van der Waals surface area contributed by atoms with Crippen LogP contribution in [-0.4, -0.2) is 38.2 Å². The van der Waals surface area contributed by atoms with E-state index in [9.17, 15) is 18.3 Å². The van der Waals surface area contributed by atoms with Crippen LogP contribution in [0, 0.1) is 0 Å². The lowest BCUT2D eigenvalue weighted by Gasteiger charge is -2.28. The molecular formula is C11H17NO5S2. The second kappa shape index (κ2) is 5.58. The number of thiophene rings is 1. The first kappa shape index (κ1) is 16.1. The molecule has 0 radical (unpaired) electrons. The van der Waals surface area contributed by atoms with E-state index in [1.54, 1.807) is 13.8 Å². The molecular weight excluding hydrogens is 290 g/mol. The van der Waals surface area contributed by atoms with Crippen molar-refractivity contribution in [1.29, 1.82) is 0 Å². The molecule has 1 aromatic rings. The van der Waals surface area contributed by atoms with Crippen LogP contribution in [0.3, 0.4) is 0 Å². The monoisotopic (exact) mass is 307 g/mol. The maximum absolute atomic E-state index is 12.2. The van der Waals surface area contributed by atoms with Crippen LogP contribution in [-0.2, 0) is 14.8 Å². The molecule has 1 unspecified atom stereocenters. The van der Waals surface area contributed by atoms with Crippen molar-refractivity contribution in [2.45, 2.75) is 37.3 Å². The Morgan fingerprint density at radius 2 is 2.11 bits per heavy atom. The number of rotatable bonds is 5. The topological polar surface area (TPSA) is 92.7 Å². The van der Waals surface area contributed by atoms with Crippen molar-refractivity contribution in [3.05, 3.63) is 16.3 Å². The summed E-state index contributed by atoms with van der Waals surface area (Å²) >= 11 is 0.987. The van der Waals surface area contributed by atoms with E-state index in [-0.39, 0.29) is 9.77 Å². The molecule has 108 valence electrons. The lowest BCUT2D eigenvalue weighted by Crippen LogP contribution is -2.50. The maximum Gasteiger partial charge on any atom is 0.349 e. The summed E-state index contributed by atoms with van der Waals surface area (Å²) in [6.07, 6.45) is -0.887. The van der Waals surface area contributed by atoms with E-state index in [1.165, 1.54) is 25.5 Å². The highest BCUT2D eigenvalue weighted by Crippen LogP contribution is 2.24. The van der Waals surface area contributed by atoms with Crippen molar-refractivity contribution in [3.8, 4) is 0 Å². The SMILES string of the molecule is COC(=O)c1sccc1S(=O)(=O)NC(C)(C)C(C)O. The minimum absolute atomic E-state index is 0.0105. The summed E-state index contributed by atoms with van der Waals surface area (Å²) in [5, 5.41) is 11.0. The third kappa shape index (κ3) is 3.53. The van der Waals surface area contributed by atoms with Gasteiger partial charge in [0, 0.05) is 0 Å². The molecule has 1 atom stereocenters. The minimum atomic E-state index is -3.91. The summed E-state index contributed by atoms with van der Waals surface area (Å²) in [6, 6.07) is 1.33. The molecule has 1 aromatic heterocycles. The largest absolute Gasteiger partial charge is 0.465 e. The van der Waals surface area contributed by atoms with Crippen molar-refractivity contribution in [2.75, 3.05) is 7.11 Å². The number of ether oxygens (including phenoxy) is 1. The molecule has 0 amide bonds. The third-order valence-electron chi connectivity index (χ3n) is 2.73. The van der Waals surface area contributed by atoms with Crippen molar-refractivity contribution in [1.82, 2.24) is 4.72 Å². The van der Waals surface area contributed by atoms with Gasteiger partial charge in [0.25, 0.3) is 0 Å². The number of aliphatic hydroxyl groups is 1. The number of carbonyl (C=O) groups is 1. The molecule has 0 fully saturated rings. The lowest BCUT2D eigenvalue weighted by atomic mass is 10.0. The molecule has 19 heavy (non-hydrogen) atoms. The zero-order valence-electron chi connectivity index (χ0n) is 11.1. The average Bonchev–Trinajstić information content (AvgIpc) is 2.75. The lowest BCUT2D eigenvalue weighted by molar-refractivity contribution is 0.0602. The normalized spacial score (nSPS) is 14.2. The van der Waals surface area contributed by atoms with E-state index < -0.39 is 27.6 Å². The van der Waals surface area contributed by atoms with Crippen LogP contribution in [0.2, 0.25) is 0 Å². The first-order valence-corrected chi connectivity index (χ1v) is 7.86. The number of esters is 1. The van der Waals surface area contributed by atoms with Gasteiger partial charge in [-0.2, -0.15) is 0 Å². The first-order chi connectivity index (χ1) is 8.62. The van der Waals surface area contributed by atoms with Crippen LogP contribution in [0.1, 0.15) is 30.4 Å². The van der Waals surface area contributed by atoms with Gasteiger partial charge >= 0.3 is 5.97 Å². The predicted molar refractivity (Wildman–Crippen MR) is 71.7 cm³/mol. The van der Waals surface area contributed by atoms with Crippen LogP contribution >= 0.6 is 11.3 Å². The summed E-state index contributed by atoms with van der Waals surface area (Å²) in [7, 11) is -2.72. The fourth-order valence-electron chi connectivity index (χ4n) is 1.24. The fourth-order valence-corrected chi connectivity index (χ4v) is 4.05. The van der Waals surface area contributed by atoms with E-state index in [0.29, 0.717) is 0 Å². The smallest absolute Gasteiger partial charge is 0.349 e. The van der Waals surface area contributed by atoms with Gasteiger partial charge in [-0.3, -0.25) is 0 Å². The van der Waals surface area contributed by atoms with E-state index in [1.807, 2.05) is 0 Å². The number of hydrogen-bond acceptors (Lipinski definition) is 6. The molecule has 0 bridgehead atoms. The Morgan fingerprint density at radius 1 is 1.53 bits per heavy atom. The number of aliphatic hydroxyl groups excluding tert-OH is 1. The van der Waals surface area contributed by atoms with Gasteiger partial charge in [-0.15, -0.1) is 11.3 Å². The van der Waals surface area contributed by atoms with Crippen LogP contribution < -0.4 is 4.72 Å². The van der Waals surface area contributed by atoms with Gasteiger partial charge in [0.2, 0.25) is 10.0 Å². The van der Waals surface area contributed by atoms with Crippen molar-refractivity contribution in [2.24, 2.45) is 0 Å². The number of carbonyl (C=O) groups excluding carboxylic acids is 1. The number of nitrogens with one attached hydrogen (secondary N) is 1. The molecule has 1 heterocycles. The van der Waals surface area contributed by atoms with Crippen LogP contribution in [0.4, 0.5) is 0 Å². The average molecular weight is 307 g/mol. The molecule has 2 N–H and O–H groups in total. The van der Waals surface area contributed by atoms with Crippen LogP contribution in [0.5, 0.6) is 0 Å². The van der Waals surface area contributed by atoms with E-state index in [0.717, 1.165) is 11.3 Å². The molecule has 0 saturated heterocycles. The number of hydrogen-bond donors (Lipinski definition) is 2. The Kier molecular flexibility index (Phi) is 4.72. The Balaban J connectivity index is 3.16. The highest BCUT2D eigenvalue weighted by Gasteiger charge is 2.33. The Morgan fingerprint density at radius 3 is 2.58 bits per heavy atom. The minimum Gasteiger partial charge on any atom is -0.465 e. The molecule has 1 rings (SSSR count). The molecule has 8 heteroatoms. The summed E-state index contributed by atoms with van der Waals surface area (Å²) in [5.41, 5.74) is -1.05. The second-order valence-electron chi connectivity index (χ2n) is 4.61. The van der Waals surface area contributed by atoms with Gasteiger partial charge < -0.3 is 9.84 Å². The first-order valence-electron chi connectivity index (χ1n) is 5.49. The highest BCUT2D eigenvalue weighted by atomic mass is 32.2. The number of sulfonamides is 1. The van der Waals surface area contributed by atoms with E-state index >= 15 is 0 Å². The van der Waals surface area contributed by atoms with Crippen molar-refractivity contribution in [3.63, 3.8) is 0 Å². The highest BCUT2D eigenvalue weighted by molar-refractivity contribution is 7.89. The van der Waals surface area contributed by atoms with Crippen LogP contribution in [0.15, 0.2) is 16.3 Å². The zero-order valence-corrected chi connectivity index (χ0v) is 12.8. The summed E-state index contributed by atoms with van der Waals surface area (Å²) in [5.74, 6) is -0.703. The van der Waals surface area contributed by atoms with E-state index in [2.05, 4.69) is 9.46 Å². The Bertz CT molecular complexity index is 559. The number of methoxy groups -OCH3 is 1. The zero-order chi connectivity index (χ0) is 14.8. The Hall–Kier alpha value is -0.960. The van der Waals surface area contributed by atoms with Crippen molar-refractivity contribution < 1.29 is 23.1 Å². The Labute approximate surface area is 116 Å². The van der Waals surface area contributed by atoms with Gasteiger partial charge in [0.05, 0.1) is 18.8 Å². The van der Waals surface area contributed by atoms with Gasteiger partial charge in [-0.1, -0.05) is 0 Å². The van der Waals surface area contributed by atoms with Gasteiger partial charge in [-0.25, -0.2) is 17.9 Å². The molecule has 0 saturated carbocycles. The summed E-state index contributed by atoms with van der Waals surface area (Å²) in [6.45, 7) is 4.59. The van der Waals surface area contributed by atoms with Crippen molar-refractivity contribution >= 4 is 27.3 Å².